The zero-order chi connectivity index (χ0) is 13.3. The molecule has 0 aromatic heterocycles. The van der Waals surface area contributed by atoms with Crippen LogP contribution in [0, 0.1) is 23.7 Å². The monoisotopic (exact) mass is 255 g/mol. The molecule has 19 heavy (non-hydrogen) atoms. The Morgan fingerprint density at radius 3 is 2.84 bits per heavy atom. The van der Waals surface area contributed by atoms with Crippen molar-refractivity contribution in [2.24, 2.45) is 11.8 Å². The highest BCUT2D eigenvalue weighted by atomic mass is 14.8. The van der Waals surface area contributed by atoms with E-state index in [1.807, 2.05) is 18.2 Å². The Hall–Kier alpha value is -1.26. The summed E-state index contributed by atoms with van der Waals surface area (Å²) < 4.78 is 0. The quantitative estimate of drug-likeness (QED) is 0.636. The fraction of sp³-hybridized carbons (Fsp3) is 0.556. The topological polar surface area (TPSA) is 12.0 Å². The number of benzene rings is 1. The largest absolute Gasteiger partial charge is 0.306 e. The fourth-order valence-electron chi connectivity index (χ4n) is 2.95. The van der Waals surface area contributed by atoms with Crippen molar-refractivity contribution >= 4 is 0 Å². The molecule has 2 atom stereocenters. The summed E-state index contributed by atoms with van der Waals surface area (Å²) in [6.07, 6.45) is 7.04. The van der Waals surface area contributed by atoms with Gasteiger partial charge in [0.05, 0.1) is 6.54 Å². The smallest absolute Gasteiger partial charge is 0.0580 e. The van der Waals surface area contributed by atoms with Gasteiger partial charge in [0.25, 0.3) is 0 Å². The summed E-state index contributed by atoms with van der Waals surface area (Å²) in [5, 5.41) is 3.44. The summed E-state index contributed by atoms with van der Waals surface area (Å²) in [5.74, 6) is 8.25. The van der Waals surface area contributed by atoms with Crippen LogP contribution in [0.3, 0.4) is 0 Å². The standard InChI is InChI=1S/C18H25N/c1-16-7-5-10-18(15-16)12-14-19-13-6-11-17-8-3-2-4-9-17/h2-4,8-9,16,18-19H,5,7,10,12-15H2,1H3. The van der Waals surface area contributed by atoms with E-state index < -0.39 is 0 Å². The molecule has 1 aromatic rings. The summed E-state index contributed by atoms with van der Waals surface area (Å²) >= 11 is 0. The van der Waals surface area contributed by atoms with E-state index in [1.165, 1.54) is 32.1 Å². The van der Waals surface area contributed by atoms with Crippen molar-refractivity contribution in [2.75, 3.05) is 13.1 Å². The fourth-order valence-corrected chi connectivity index (χ4v) is 2.95. The van der Waals surface area contributed by atoms with E-state index in [4.69, 9.17) is 0 Å². The Labute approximate surface area is 117 Å². The first-order chi connectivity index (χ1) is 9.34. The molecular weight excluding hydrogens is 230 g/mol. The molecule has 2 unspecified atom stereocenters. The van der Waals surface area contributed by atoms with Gasteiger partial charge in [-0.15, -0.1) is 0 Å². The minimum atomic E-state index is 0.803. The minimum absolute atomic E-state index is 0.803. The number of hydrogen-bond donors (Lipinski definition) is 1. The van der Waals surface area contributed by atoms with Gasteiger partial charge in [0.2, 0.25) is 0 Å². The van der Waals surface area contributed by atoms with Gasteiger partial charge < -0.3 is 5.32 Å². The van der Waals surface area contributed by atoms with Crippen molar-refractivity contribution in [1.82, 2.24) is 5.32 Å². The molecule has 0 saturated heterocycles. The van der Waals surface area contributed by atoms with Crippen LogP contribution in [0.2, 0.25) is 0 Å². The molecule has 1 saturated carbocycles. The van der Waals surface area contributed by atoms with E-state index in [-0.39, 0.29) is 0 Å². The van der Waals surface area contributed by atoms with Crippen LogP contribution >= 0.6 is 0 Å². The van der Waals surface area contributed by atoms with Gasteiger partial charge >= 0.3 is 0 Å². The second kappa shape index (κ2) is 8.02. The molecule has 0 radical (unpaired) electrons. The van der Waals surface area contributed by atoms with Gasteiger partial charge in [0.1, 0.15) is 0 Å². The molecule has 1 fully saturated rings. The molecule has 0 bridgehead atoms. The first kappa shape index (κ1) is 14.2. The highest BCUT2D eigenvalue weighted by Gasteiger charge is 2.17. The molecular formula is C18H25N. The van der Waals surface area contributed by atoms with E-state index in [0.29, 0.717) is 0 Å². The van der Waals surface area contributed by atoms with E-state index >= 15 is 0 Å². The van der Waals surface area contributed by atoms with Crippen molar-refractivity contribution in [3.63, 3.8) is 0 Å². The third kappa shape index (κ3) is 5.49. The van der Waals surface area contributed by atoms with E-state index in [9.17, 15) is 0 Å². The summed E-state index contributed by atoms with van der Waals surface area (Å²) in [4.78, 5) is 0. The molecule has 1 heteroatoms. The lowest BCUT2D eigenvalue weighted by Crippen LogP contribution is -2.21. The molecule has 1 aromatic carbocycles. The van der Waals surface area contributed by atoms with Gasteiger partial charge in [-0.1, -0.05) is 56.2 Å². The lowest BCUT2D eigenvalue weighted by Gasteiger charge is -2.26. The lowest BCUT2D eigenvalue weighted by molar-refractivity contribution is 0.268. The Morgan fingerprint density at radius 2 is 2.05 bits per heavy atom. The molecule has 1 nitrogen and oxygen atoms in total. The van der Waals surface area contributed by atoms with Gasteiger partial charge in [-0.3, -0.25) is 0 Å². The first-order valence-corrected chi connectivity index (χ1v) is 7.59. The van der Waals surface area contributed by atoms with Crippen LogP contribution in [-0.2, 0) is 0 Å². The zero-order valence-corrected chi connectivity index (χ0v) is 12.0. The van der Waals surface area contributed by atoms with Crippen LogP contribution in [0.4, 0.5) is 0 Å². The lowest BCUT2D eigenvalue weighted by atomic mass is 9.81. The Balaban J connectivity index is 1.58. The third-order valence-corrected chi connectivity index (χ3v) is 3.99. The van der Waals surface area contributed by atoms with Crippen molar-refractivity contribution in [1.29, 1.82) is 0 Å². The minimum Gasteiger partial charge on any atom is -0.306 e. The maximum atomic E-state index is 3.44. The second-order valence-corrected chi connectivity index (χ2v) is 5.77. The van der Waals surface area contributed by atoms with E-state index in [2.05, 4.69) is 36.2 Å². The van der Waals surface area contributed by atoms with Crippen LogP contribution in [0.1, 0.15) is 44.6 Å². The predicted octanol–water partition coefficient (Wildman–Crippen LogP) is 3.84. The molecule has 102 valence electrons. The summed E-state index contributed by atoms with van der Waals surface area (Å²) in [6, 6.07) is 10.2. The molecule has 0 aliphatic heterocycles. The predicted molar refractivity (Wildman–Crippen MR) is 81.9 cm³/mol. The number of hydrogen-bond acceptors (Lipinski definition) is 1. The van der Waals surface area contributed by atoms with Crippen LogP contribution in [0.5, 0.6) is 0 Å². The highest BCUT2D eigenvalue weighted by Crippen LogP contribution is 2.30. The maximum absolute atomic E-state index is 3.44. The van der Waals surface area contributed by atoms with E-state index in [0.717, 1.165) is 30.5 Å². The molecule has 0 spiro atoms. The third-order valence-electron chi connectivity index (χ3n) is 3.99. The van der Waals surface area contributed by atoms with Gasteiger partial charge in [-0.25, -0.2) is 0 Å². The Morgan fingerprint density at radius 1 is 1.21 bits per heavy atom. The maximum Gasteiger partial charge on any atom is 0.0580 e. The Kier molecular flexibility index (Phi) is 5.98. The molecule has 1 aliphatic carbocycles. The first-order valence-electron chi connectivity index (χ1n) is 7.59. The average Bonchev–Trinajstić information content (AvgIpc) is 2.44. The van der Waals surface area contributed by atoms with Crippen LogP contribution in [0.25, 0.3) is 0 Å². The summed E-state index contributed by atoms with van der Waals surface area (Å²) in [6.45, 7) is 4.31. The van der Waals surface area contributed by atoms with Crippen molar-refractivity contribution in [3.8, 4) is 11.8 Å². The molecule has 2 rings (SSSR count). The molecule has 1 aliphatic rings. The molecule has 0 amide bonds. The van der Waals surface area contributed by atoms with Gasteiger partial charge in [0, 0.05) is 5.56 Å². The Bertz CT molecular complexity index is 412. The van der Waals surface area contributed by atoms with Crippen molar-refractivity contribution in [3.05, 3.63) is 35.9 Å². The zero-order valence-electron chi connectivity index (χ0n) is 12.0. The van der Waals surface area contributed by atoms with Crippen LogP contribution in [-0.4, -0.2) is 13.1 Å². The van der Waals surface area contributed by atoms with Crippen molar-refractivity contribution in [2.45, 2.75) is 39.0 Å². The summed E-state index contributed by atoms with van der Waals surface area (Å²) in [5.41, 5.74) is 1.10. The van der Waals surface area contributed by atoms with Gasteiger partial charge in [0.15, 0.2) is 0 Å². The average molecular weight is 255 g/mol. The SMILES string of the molecule is CC1CCCC(CCNCC#Cc2ccccc2)C1. The van der Waals surface area contributed by atoms with Crippen LogP contribution < -0.4 is 5.32 Å². The van der Waals surface area contributed by atoms with Crippen molar-refractivity contribution < 1.29 is 0 Å². The van der Waals surface area contributed by atoms with Gasteiger partial charge in [-0.2, -0.15) is 0 Å². The highest BCUT2D eigenvalue weighted by molar-refractivity contribution is 5.33. The normalized spacial score (nSPS) is 22.6. The number of rotatable bonds is 4. The molecule has 1 N–H and O–H groups in total. The van der Waals surface area contributed by atoms with Crippen LogP contribution in [0.15, 0.2) is 30.3 Å². The second-order valence-electron chi connectivity index (χ2n) is 5.77. The molecule has 0 heterocycles. The van der Waals surface area contributed by atoms with E-state index in [1.54, 1.807) is 0 Å². The summed E-state index contributed by atoms with van der Waals surface area (Å²) in [7, 11) is 0. The number of nitrogens with one attached hydrogen (secondary N) is 1. The van der Waals surface area contributed by atoms with Gasteiger partial charge in [-0.05, 0) is 43.4 Å².